The highest BCUT2D eigenvalue weighted by atomic mass is 79.9. The Labute approximate surface area is 124 Å². The summed E-state index contributed by atoms with van der Waals surface area (Å²) >= 11 is 3.55. The number of nitriles is 1. The minimum Gasteiger partial charge on any atom is -0.366 e. The van der Waals surface area contributed by atoms with Crippen molar-refractivity contribution in [1.29, 1.82) is 5.26 Å². The molecule has 0 radical (unpaired) electrons. The van der Waals surface area contributed by atoms with Crippen LogP contribution in [0.25, 0.3) is 0 Å². The minimum absolute atomic E-state index is 0.355. The van der Waals surface area contributed by atoms with Gasteiger partial charge in [-0.1, -0.05) is 26.0 Å². The zero-order valence-corrected chi connectivity index (χ0v) is 13.3. The lowest BCUT2D eigenvalue weighted by molar-refractivity contribution is 0.310. The minimum atomic E-state index is -0.419. The Balaban J connectivity index is 2.20. The Morgan fingerprint density at radius 3 is 2.58 bits per heavy atom. The van der Waals surface area contributed by atoms with Crippen LogP contribution in [0, 0.1) is 16.7 Å². The summed E-state index contributed by atoms with van der Waals surface area (Å²) in [6.07, 6.45) is 5.25. The van der Waals surface area contributed by atoms with Crippen molar-refractivity contribution in [3.63, 3.8) is 0 Å². The number of nitrogens with zero attached hydrogens (tertiary/aromatic N) is 1. The van der Waals surface area contributed by atoms with E-state index in [1.54, 1.807) is 0 Å². The second kappa shape index (κ2) is 5.54. The molecule has 1 fully saturated rings. The molecule has 2 nitrogen and oxygen atoms in total. The van der Waals surface area contributed by atoms with Gasteiger partial charge in [-0.3, -0.25) is 0 Å². The molecule has 1 aromatic carbocycles. The number of hydrogen-bond acceptors (Lipinski definition) is 2. The van der Waals surface area contributed by atoms with Crippen LogP contribution in [-0.2, 0) is 0 Å². The van der Waals surface area contributed by atoms with Gasteiger partial charge in [-0.15, -0.1) is 0 Å². The number of halogens is 1. The summed E-state index contributed by atoms with van der Waals surface area (Å²) in [5, 5.41) is 13.1. The first-order valence-electron chi connectivity index (χ1n) is 6.90. The number of rotatable bonds is 2. The zero-order valence-electron chi connectivity index (χ0n) is 11.7. The van der Waals surface area contributed by atoms with Crippen LogP contribution in [-0.4, -0.2) is 5.54 Å². The van der Waals surface area contributed by atoms with Crippen molar-refractivity contribution in [3.8, 4) is 6.07 Å². The van der Waals surface area contributed by atoms with Gasteiger partial charge in [0.15, 0.2) is 0 Å². The maximum absolute atomic E-state index is 9.66. The molecule has 0 aromatic heterocycles. The molecular weight excluding hydrogens is 300 g/mol. The van der Waals surface area contributed by atoms with Gasteiger partial charge in [0.25, 0.3) is 0 Å². The van der Waals surface area contributed by atoms with Gasteiger partial charge in [0.05, 0.1) is 6.07 Å². The molecule has 1 atom stereocenters. The SMILES string of the molecule is CC1(C)CCCC(C#N)(Nc2ccccc2Br)CC1. The zero-order chi connectivity index (χ0) is 13.9. The lowest BCUT2D eigenvalue weighted by Gasteiger charge is -2.29. The predicted molar refractivity (Wildman–Crippen MR) is 83.0 cm³/mol. The van der Waals surface area contributed by atoms with Crippen LogP contribution in [0.3, 0.4) is 0 Å². The Bertz CT molecular complexity index is 490. The maximum atomic E-state index is 9.66. The fourth-order valence-corrected chi connectivity index (χ4v) is 3.14. The van der Waals surface area contributed by atoms with Crippen LogP contribution in [0.5, 0.6) is 0 Å². The molecular formula is C16H21BrN2. The molecule has 0 spiro atoms. The second-order valence-corrected chi connectivity index (χ2v) is 7.17. The van der Waals surface area contributed by atoms with E-state index in [4.69, 9.17) is 0 Å². The standard InChI is InChI=1S/C16H21BrN2/c1-15(2)8-5-9-16(12-18,11-10-15)19-14-7-4-3-6-13(14)17/h3-4,6-7,19H,5,8-11H2,1-2H3. The van der Waals surface area contributed by atoms with E-state index < -0.39 is 5.54 Å². The van der Waals surface area contributed by atoms with Crippen molar-refractivity contribution in [1.82, 2.24) is 0 Å². The third-order valence-corrected chi connectivity index (χ3v) is 4.84. The Hall–Kier alpha value is -1.01. The van der Waals surface area contributed by atoms with Crippen molar-refractivity contribution in [2.75, 3.05) is 5.32 Å². The average Bonchev–Trinajstić information content (AvgIpc) is 2.52. The first-order valence-corrected chi connectivity index (χ1v) is 7.70. The molecule has 2 rings (SSSR count). The number of hydrogen-bond donors (Lipinski definition) is 1. The molecule has 1 aliphatic carbocycles. The van der Waals surface area contributed by atoms with Gasteiger partial charge in [-0.25, -0.2) is 0 Å². The van der Waals surface area contributed by atoms with E-state index >= 15 is 0 Å². The fourth-order valence-electron chi connectivity index (χ4n) is 2.76. The summed E-state index contributed by atoms with van der Waals surface area (Å²) in [4.78, 5) is 0. The third-order valence-electron chi connectivity index (χ3n) is 4.15. The molecule has 19 heavy (non-hydrogen) atoms. The smallest absolute Gasteiger partial charge is 0.125 e. The molecule has 1 aromatic rings. The van der Waals surface area contributed by atoms with E-state index in [9.17, 15) is 5.26 Å². The summed E-state index contributed by atoms with van der Waals surface area (Å²) in [7, 11) is 0. The largest absolute Gasteiger partial charge is 0.366 e. The lowest BCUT2D eigenvalue weighted by Crippen LogP contribution is -2.36. The van der Waals surface area contributed by atoms with Crippen molar-refractivity contribution < 1.29 is 0 Å². The summed E-state index contributed by atoms with van der Waals surface area (Å²) in [6.45, 7) is 4.61. The van der Waals surface area contributed by atoms with E-state index in [0.717, 1.165) is 35.8 Å². The summed E-state index contributed by atoms with van der Waals surface area (Å²) in [5.74, 6) is 0. The predicted octanol–water partition coefficient (Wildman–Crippen LogP) is 5.11. The molecule has 0 aliphatic heterocycles. The summed E-state index contributed by atoms with van der Waals surface area (Å²) in [6, 6.07) is 10.6. The van der Waals surface area contributed by atoms with Crippen LogP contribution in [0.4, 0.5) is 5.69 Å². The Morgan fingerprint density at radius 2 is 1.89 bits per heavy atom. The fraction of sp³-hybridized carbons (Fsp3) is 0.562. The molecule has 1 aliphatic rings. The molecule has 1 unspecified atom stereocenters. The van der Waals surface area contributed by atoms with E-state index in [1.165, 1.54) is 6.42 Å². The first kappa shape index (κ1) is 14.4. The molecule has 1 saturated carbocycles. The third kappa shape index (κ3) is 3.51. The number of nitrogens with one attached hydrogen (secondary N) is 1. The highest BCUT2D eigenvalue weighted by Gasteiger charge is 2.36. The monoisotopic (exact) mass is 320 g/mol. The van der Waals surface area contributed by atoms with Crippen LogP contribution in [0.15, 0.2) is 28.7 Å². The van der Waals surface area contributed by atoms with Crippen LogP contribution in [0.2, 0.25) is 0 Å². The van der Waals surface area contributed by atoms with E-state index in [2.05, 4.69) is 41.2 Å². The number of para-hydroxylation sites is 1. The second-order valence-electron chi connectivity index (χ2n) is 6.32. The quantitative estimate of drug-likeness (QED) is 0.768. The Kier molecular flexibility index (Phi) is 4.20. The number of benzene rings is 1. The summed E-state index contributed by atoms with van der Waals surface area (Å²) < 4.78 is 1.02. The molecule has 0 saturated heterocycles. The van der Waals surface area contributed by atoms with Gasteiger partial charge < -0.3 is 5.32 Å². The van der Waals surface area contributed by atoms with Gasteiger partial charge >= 0.3 is 0 Å². The first-order chi connectivity index (χ1) is 8.96. The molecule has 102 valence electrons. The average molecular weight is 321 g/mol. The highest BCUT2D eigenvalue weighted by molar-refractivity contribution is 9.10. The topological polar surface area (TPSA) is 35.8 Å². The van der Waals surface area contributed by atoms with E-state index in [-0.39, 0.29) is 0 Å². The van der Waals surface area contributed by atoms with Gasteiger partial charge in [-0.2, -0.15) is 5.26 Å². The molecule has 0 amide bonds. The van der Waals surface area contributed by atoms with Gasteiger partial charge in [0.1, 0.15) is 5.54 Å². The molecule has 0 bridgehead atoms. The normalized spacial score (nSPS) is 26.2. The maximum Gasteiger partial charge on any atom is 0.125 e. The van der Waals surface area contributed by atoms with E-state index in [0.29, 0.717) is 5.41 Å². The van der Waals surface area contributed by atoms with Crippen LogP contribution in [0.1, 0.15) is 46.0 Å². The van der Waals surface area contributed by atoms with Gasteiger partial charge in [0.2, 0.25) is 0 Å². The van der Waals surface area contributed by atoms with Crippen molar-refractivity contribution >= 4 is 21.6 Å². The van der Waals surface area contributed by atoms with E-state index in [1.807, 2.05) is 24.3 Å². The van der Waals surface area contributed by atoms with Gasteiger partial charge in [-0.05, 0) is 65.6 Å². The number of anilines is 1. The summed E-state index contributed by atoms with van der Waals surface area (Å²) in [5.41, 5.74) is 0.954. The van der Waals surface area contributed by atoms with Crippen molar-refractivity contribution in [3.05, 3.63) is 28.7 Å². The highest BCUT2D eigenvalue weighted by Crippen LogP contribution is 2.40. The molecule has 0 heterocycles. The Morgan fingerprint density at radius 1 is 1.16 bits per heavy atom. The molecule has 3 heteroatoms. The van der Waals surface area contributed by atoms with Crippen LogP contribution >= 0.6 is 15.9 Å². The van der Waals surface area contributed by atoms with Gasteiger partial charge in [0, 0.05) is 10.2 Å². The molecule has 1 N–H and O–H groups in total. The van der Waals surface area contributed by atoms with Crippen molar-refractivity contribution in [2.45, 2.75) is 51.5 Å². The lowest BCUT2D eigenvalue weighted by atomic mass is 9.84. The van der Waals surface area contributed by atoms with Crippen molar-refractivity contribution in [2.24, 2.45) is 5.41 Å². The van der Waals surface area contributed by atoms with Crippen LogP contribution < -0.4 is 5.32 Å².